The van der Waals surface area contributed by atoms with Crippen molar-refractivity contribution in [2.24, 2.45) is 11.7 Å². The Balaban J connectivity index is 1.69. The van der Waals surface area contributed by atoms with Gasteiger partial charge in [-0.3, -0.25) is 4.79 Å². The van der Waals surface area contributed by atoms with Crippen LogP contribution in [0.1, 0.15) is 28.8 Å². The molecule has 3 nitrogen and oxygen atoms in total. The van der Waals surface area contributed by atoms with E-state index in [1.807, 2.05) is 24.3 Å². The maximum absolute atomic E-state index is 14.0. The molecule has 4 heteroatoms. The SMILES string of the molecule is NC[C@H]1Cc2c(F)ccc(-c3ccc(C(=O)C4CC4)cc3)c2O1. The smallest absolute Gasteiger partial charge is 0.165 e. The summed E-state index contributed by atoms with van der Waals surface area (Å²) in [6.45, 7) is 0.363. The molecule has 2 N–H and O–H groups in total. The van der Waals surface area contributed by atoms with E-state index in [0.29, 0.717) is 24.3 Å². The van der Waals surface area contributed by atoms with Crippen LogP contribution in [0.5, 0.6) is 5.75 Å². The second-order valence-electron chi connectivity index (χ2n) is 6.30. The predicted octanol–water partition coefficient (Wildman–Crippen LogP) is 3.35. The van der Waals surface area contributed by atoms with Gasteiger partial charge in [-0.2, -0.15) is 0 Å². The van der Waals surface area contributed by atoms with Crippen molar-refractivity contribution in [1.29, 1.82) is 0 Å². The summed E-state index contributed by atoms with van der Waals surface area (Å²) in [6, 6.07) is 10.7. The van der Waals surface area contributed by atoms with Crippen LogP contribution in [0.3, 0.4) is 0 Å². The molecule has 23 heavy (non-hydrogen) atoms. The Hall–Kier alpha value is -2.20. The van der Waals surface area contributed by atoms with Crippen LogP contribution in [-0.4, -0.2) is 18.4 Å². The van der Waals surface area contributed by atoms with E-state index in [0.717, 1.165) is 29.5 Å². The van der Waals surface area contributed by atoms with Gasteiger partial charge in [0.15, 0.2) is 5.78 Å². The lowest BCUT2D eigenvalue weighted by molar-refractivity contribution is 0.0967. The zero-order valence-corrected chi connectivity index (χ0v) is 12.7. The molecule has 0 radical (unpaired) electrons. The maximum atomic E-state index is 14.0. The minimum Gasteiger partial charge on any atom is -0.488 e. The standard InChI is InChI=1S/C19H18FNO2/c20-17-8-7-15(19-16(17)9-14(10-21)23-19)11-1-3-12(4-2-11)18(22)13-5-6-13/h1-4,7-8,13-14H,5-6,9-10,21H2/t14-/m1/s1. The molecule has 1 heterocycles. The number of ketones is 1. The van der Waals surface area contributed by atoms with Crippen molar-refractivity contribution in [1.82, 2.24) is 0 Å². The van der Waals surface area contributed by atoms with Gasteiger partial charge in [0.1, 0.15) is 17.7 Å². The fourth-order valence-corrected chi connectivity index (χ4v) is 3.12. The number of Topliss-reactive ketones (excluding diaryl/α,β-unsaturated/α-hetero) is 1. The van der Waals surface area contributed by atoms with Gasteiger partial charge in [-0.15, -0.1) is 0 Å². The molecule has 1 aliphatic heterocycles. The first kappa shape index (κ1) is 14.4. The Bertz CT molecular complexity index is 766. The van der Waals surface area contributed by atoms with E-state index in [-0.39, 0.29) is 23.6 Å². The fraction of sp³-hybridized carbons (Fsp3) is 0.316. The molecule has 0 amide bonds. The lowest BCUT2D eigenvalue weighted by atomic mass is 9.98. The highest BCUT2D eigenvalue weighted by molar-refractivity contribution is 5.99. The van der Waals surface area contributed by atoms with Crippen molar-refractivity contribution in [3.63, 3.8) is 0 Å². The summed E-state index contributed by atoms with van der Waals surface area (Å²) in [5.74, 6) is 0.770. The van der Waals surface area contributed by atoms with E-state index >= 15 is 0 Å². The number of carbonyl (C=O) groups is 1. The van der Waals surface area contributed by atoms with Gasteiger partial charge in [0, 0.05) is 35.6 Å². The molecule has 0 bridgehead atoms. The summed E-state index contributed by atoms with van der Waals surface area (Å²) in [4.78, 5) is 12.1. The molecule has 1 fully saturated rings. The highest BCUT2D eigenvalue weighted by atomic mass is 19.1. The van der Waals surface area contributed by atoms with Crippen molar-refractivity contribution in [2.75, 3.05) is 6.54 Å². The highest BCUT2D eigenvalue weighted by Gasteiger charge is 2.31. The van der Waals surface area contributed by atoms with Gasteiger partial charge in [-0.1, -0.05) is 24.3 Å². The number of halogens is 1. The van der Waals surface area contributed by atoms with Gasteiger partial charge in [-0.25, -0.2) is 4.39 Å². The predicted molar refractivity (Wildman–Crippen MR) is 86.1 cm³/mol. The van der Waals surface area contributed by atoms with Crippen LogP contribution in [-0.2, 0) is 6.42 Å². The molecule has 0 aromatic heterocycles. The van der Waals surface area contributed by atoms with Gasteiger partial charge < -0.3 is 10.5 Å². The van der Waals surface area contributed by atoms with Gasteiger partial charge >= 0.3 is 0 Å². The summed E-state index contributed by atoms with van der Waals surface area (Å²) in [5.41, 5.74) is 8.77. The number of fused-ring (bicyclic) bond motifs is 1. The highest BCUT2D eigenvalue weighted by Crippen LogP contribution is 2.40. The normalized spacial score (nSPS) is 19.3. The van der Waals surface area contributed by atoms with Crippen molar-refractivity contribution in [3.05, 3.63) is 53.3 Å². The van der Waals surface area contributed by atoms with Crippen LogP contribution < -0.4 is 10.5 Å². The zero-order chi connectivity index (χ0) is 16.0. The quantitative estimate of drug-likeness (QED) is 0.881. The van der Waals surface area contributed by atoms with Crippen molar-refractivity contribution < 1.29 is 13.9 Å². The minimum atomic E-state index is -0.250. The van der Waals surface area contributed by atoms with Crippen LogP contribution in [0.2, 0.25) is 0 Å². The van der Waals surface area contributed by atoms with Crippen molar-refractivity contribution >= 4 is 5.78 Å². The van der Waals surface area contributed by atoms with E-state index in [1.54, 1.807) is 6.07 Å². The average molecular weight is 311 g/mol. The van der Waals surface area contributed by atoms with Crippen LogP contribution in [0.4, 0.5) is 4.39 Å². The largest absolute Gasteiger partial charge is 0.488 e. The van der Waals surface area contributed by atoms with Crippen LogP contribution >= 0.6 is 0 Å². The molecule has 4 rings (SSSR count). The topological polar surface area (TPSA) is 52.3 Å². The van der Waals surface area contributed by atoms with E-state index in [4.69, 9.17) is 10.5 Å². The third-order valence-electron chi connectivity index (χ3n) is 4.61. The number of carbonyl (C=O) groups excluding carboxylic acids is 1. The van der Waals surface area contributed by atoms with Crippen LogP contribution in [0.25, 0.3) is 11.1 Å². The molecule has 118 valence electrons. The summed E-state index contributed by atoms with van der Waals surface area (Å²) in [7, 11) is 0. The summed E-state index contributed by atoms with van der Waals surface area (Å²) < 4.78 is 19.8. The van der Waals surface area contributed by atoms with E-state index in [2.05, 4.69) is 0 Å². The number of benzene rings is 2. The minimum absolute atomic E-state index is 0.170. The monoisotopic (exact) mass is 311 g/mol. The molecule has 2 aliphatic rings. The molecule has 1 saturated carbocycles. The van der Waals surface area contributed by atoms with Gasteiger partial charge in [0.2, 0.25) is 0 Å². The lowest BCUT2D eigenvalue weighted by Crippen LogP contribution is -2.24. The Kier molecular flexibility index (Phi) is 3.42. The van der Waals surface area contributed by atoms with E-state index in [1.165, 1.54) is 6.07 Å². The van der Waals surface area contributed by atoms with Crippen molar-refractivity contribution in [3.8, 4) is 16.9 Å². The van der Waals surface area contributed by atoms with Crippen molar-refractivity contribution in [2.45, 2.75) is 25.4 Å². The van der Waals surface area contributed by atoms with E-state index in [9.17, 15) is 9.18 Å². The maximum Gasteiger partial charge on any atom is 0.165 e. The number of hydrogen-bond acceptors (Lipinski definition) is 3. The first-order valence-corrected chi connectivity index (χ1v) is 8.00. The third-order valence-corrected chi connectivity index (χ3v) is 4.61. The molecule has 0 spiro atoms. The summed E-state index contributed by atoms with van der Waals surface area (Å²) in [5, 5.41) is 0. The number of hydrogen-bond donors (Lipinski definition) is 1. The molecule has 1 aliphatic carbocycles. The molecule has 0 unspecified atom stereocenters. The summed E-state index contributed by atoms with van der Waals surface area (Å²) in [6.07, 6.45) is 2.33. The first-order chi connectivity index (χ1) is 11.2. The number of nitrogens with two attached hydrogens (primary N) is 1. The Morgan fingerprint density at radius 2 is 1.91 bits per heavy atom. The number of ether oxygens (including phenoxy) is 1. The molecular weight excluding hydrogens is 293 g/mol. The lowest BCUT2D eigenvalue weighted by Gasteiger charge is -2.11. The molecule has 1 atom stereocenters. The Labute approximate surface area is 134 Å². The van der Waals surface area contributed by atoms with Gasteiger partial charge in [0.25, 0.3) is 0 Å². The van der Waals surface area contributed by atoms with Crippen LogP contribution in [0, 0.1) is 11.7 Å². The molecular formula is C19H18FNO2. The number of rotatable bonds is 4. The second-order valence-corrected chi connectivity index (χ2v) is 6.30. The average Bonchev–Trinajstić information content (AvgIpc) is 3.33. The Morgan fingerprint density at radius 1 is 1.17 bits per heavy atom. The molecule has 2 aromatic carbocycles. The Morgan fingerprint density at radius 3 is 2.57 bits per heavy atom. The first-order valence-electron chi connectivity index (χ1n) is 8.00. The van der Waals surface area contributed by atoms with Gasteiger partial charge in [0.05, 0.1) is 0 Å². The third kappa shape index (κ3) is 2.53. The van der Waals surface area contributed by atoms with E-state index < -0.39 is 0 Å². The van der Waals surface area contributed by atoms with Gasteiger partial charge in [-0.05, 0) is 30.5 Å². The zero-order valence-electron chi connectivity index (χ0n) is 12.7. The molecule has 0 saturated heterocycles. The summed E-state index contributed by atoms with van der Waals surface area (Å²) >= 11 is 0. The van der Waals surface area contributed by atoms with Crippen LogP contribution in [0.15, 0.2) is 36.4 Å². The second kappa shape index (κ2) is 5.46. The molecule has 2 aromatic rings. The fourth-order valence-electron chi connectivity index (χ4n) is 3.12.